The molecule has 0 bridgehead atoms. The molecule has 6 heteroatoms. The third-order valence-corrected chi connectivity index (χ3v) is 2.87. The van der Waals surface area contributed by atoms with Gasteiger partial charge >= 0.3 is 0 Å². The van der Waals surface area contributed by atoms with Gasteiger partial charge in [-0.2, -0.15) is 5.10 Å². The Bertz CT molecular complexity index is 592. The monoisotopic (exact) mass is 308 g/mol. The van der Waals surface area contributed by atoms with Gasteiger partial charge in [-0.05, 0) is 34.1 Å². The summed E-state index contributed by atoms with van der Waals surface area (Å²) in [5.41, 5.74) is 7.59. The van der Waals surface area contributed by atoms with Gasteiger partial charge in [-0.15, -0.1) is 0 Å². The van der Waals surface area contributed by atoms with E-state index in [9.17, 15) is 4.79 Å². The van der Waals surface area contributed by atoms with Crippen LogP contribution in [0.5, 0.6) is 0 Å². The first-order valence-electron chi connectivity index (χ1n) is 5.31. The summed E-state index contributed by atoms with van der Waals surface area (Å²) in [6.07, 6.45) is 3.44. The molecule has 1 amide bonds. The van der Waals surface area contributed by atoms with Gasteiger partial charge in [-0.25, -0.2) is 4.68 Å². The van der Waals surface area contributed by atoms with E-state index >= 15 is 0 Å². The standard InChI is InChI=1S/C12H13BrN4O/c1-16(2)12(18)10-4-3-9(14)5-11(10)17-7-8(13)6-15-17/h3-7H,14H2,1-2H3. The molecule has 0 aliphatic heterocycles. The Labute approximate surface area is 113 Å². The maximum Gasteiger partial charge on any atom is 0.255 e. The van der Waals surface area contributed by atoms with Crippen LogP contribution in [-0.2, 0) is 0 Å². The van der Waals surface area contributed by atoms with Crippen molar-refractivity contribution < 1.29 is 4.79 Å². The van der Waals surface area contributed by atoms with Crippen molar-refractivity contribution in [3.63, 3.8) is 0 Å². The van der Waals surface area contributed by atoms with Crippen molar-refractivity contribution in [3.8, 4) is 5.69 Å². The van der Waals surface area contributed by atoms with Gasteiger partial charge in [-0.1, -0.05) is 0 Å². The number of benzene rings is 1. The average molecular weight is 309 g/mol. The predicted octanol–water partition coefficient (Wildman–Crippen LogP) is 1.92. The minimum absolute atomic E-state index is 0.0865. The molecule has 0 saturated heterocycles. The summed E-state index contributed by atoms with van der Waals surface area (Å²) in [7, 11) is 3.42. The highest BCUT2D eigenvalue weighted by Gasteiger charge is 2.15. The number of rotatable bonds is 2. The van der Waals surface area contributed by atoms with Crippen molar-refractivity contribution >= 4 is 27.5 Å². The van der Waals surface area contributed by atoms with Gasteiger partial charge in [-0.3, -0.25) is 4.79 Å². The van der Waals surface area contributed by atoms with Gasteiger partial charge in [0.25, 0.3) is 5.91 Å². The molecule has 0 saturated carbocycles. The molecule has 0 aliphatic carbocycles. The minimum atomic E-state index is -0.0865. The largest absolute Gasteiger partial charge is 0.399 e. The molecule has 0 unspecified atom stereocenters. The molecule has 2 rings (SSSR count). The van der Waals surface area contributed by atoms with Crippen molar-refractivity contribution in [2.45, 2.75) is 0 Å². The van der Waals surface area contributed by atoms with E-state index in [1.165, 1.54) is 4.90 Å². The molecule has 0 aliphatic rings. The number of aromatic nitrogens is 2. The van der Waals surface area contributed by atoms with E-state index in [0.717, 1.165) is 4.47 Å². The predicted molar refractivity (Wildman–Crippen MR) is 73.7 cm³/mol. The fraction of sp³-hybridized carbons (Fsp3) is 0.167. The lowest BCUT2D eigenvalue weighted by Crippen LogP contribution is -2.23. The summed E-state index contributed by atoms with van der Waals surface area (Å²) >= 11 is 3.33. The van der Waals surface area contributed by atoms with E-state index in [2.05, 4.69) is 21.0 Å². The Morgan fingerprint density at radius 1 is 1.44 bits per heavy atom. The fourth-order valence-corrected chi connectivity index (χ4v) is 1.88. The SMILES string of the molecule is CN(C)C(=O)c1ccc(N)cc1-n1cc(Br)cn1. The molecule has 0 spiro atoms. The first-order chi connectivity index (χ1) is 8.49. The molecule has 18 heavy (non-hydrogen) atoms. The topological polar surface area (TPSA) is 64.2 Å². The van der Waals surface area contributed by atoms with E-state index in [0.29, 0.717) is 16.9 Å². The van der Waals surface area contributed by atoms with Crippen molar-refractivity contribution in [1.29, 1.82) is 0 Å². The molecular formula is C12H13BrN4O. The highest BCUT2D eigenvalue weighted by atomic mass is 79.9. The first-order valence-corrected chi connectivity index (χ1v) is 6.10. The molecule has 2 N–H and O–H groups in total. The lowest BCUT2D eigenvalue weighted by Gasteiger charge is -2.14. The number of anilines is 1. The van der Waals surface area contributed by atoms with Gasteiger partial charge in [0.2, 0.25) is 0 Å². The van der Waals surface area contributed by atoms with Crippen LogP contribution < -0.4 is 5.73 Å². The highest BCUT2D eigenvalue weighted by molar-refractivity contribution is 9.10. The number of nitrogens with two attached hydrogens (primary N) is 1. The van der Waals surface area contributed by atoms with Crippen LogP contribution in [0.25, 0.3) is 5.69 Å². The number of amides is 1. The second-order valence-electron chi connectivity index (χ2n) is 4.08. The zero-order chi connectivity index (χ0) is 13.3. The Morgan fingerprint density at radius 3 is 2.72 bits per heavy atom. The Kier molecular flexibility index (Phi) is 3.38. The van der Waals surface area contributed by atoms with E-state index in [1.54, 1.807) is 49.4 Å². The van der Waals surface area contributed by atoms with Crippen LogP contribution in [0.2, 0.25) is 0 Å². The molecule has 1 aromatic carbocycles. The van der Waals surface area contributed by atoms with Crippen molar-refractivity contribution in [2.75, 3.05) is 19.8 Å². The van der Waals surface area contributed by atoms with Crippen molar-refractivity contribution in [2.24, 2.45) is 0 Å². The van der Waals surface area contributed by atoms with Crippen LogP contribution in [0, 0.1) is 0 Å². The van der Waals surface area contributed by atoms with Gasteiger partial charge < -0.3 is 10.6 Å². The number of carbonyl (C=O) groups excluding carboxylic acids is 1. The van der Waals surface area contributed by atoms with Crippen LogP contribution in [-0.4, -0.2) is 34.7 Å². The van der Waals surface area contributed by atoms with Crippen LogP contribution in [0.1, 0.15) is 10.4 Å². The van der Waals surface area contributed by atoms with Gasteiger partial charge in [0, 0.05) is 26.0 Å². The molecule has 0 fully saturated rings. The number of nitrogens with zero attached hydrogens (tertiary/aromatic N) is 3. The zero-order valence-corrected chi connectivity index (χ0v) is 11.7. The second-order valence-corrected chi connectivity index (χ2v) is 4.99. The number of hydrogen-bond acceptors (Lipinski definition) is 3. The van der Waals surface area contributed by atoms with Crippen LogP contribution in [0.15, 0.2) is 35.1 Å². The maximum absolute atomic E-state index is 12.1. The lowest BCUT2D eigenvalue weighted by molar-refractivity contribution is 0.0827. The highest BCUT2D eigenvalue weighted by Crippen LogP contribution is 2.20. The van der Waals surface area contributed by atoms with Crippen molar-refractivity contribution in [1.82, 2.24) is 14.7 Å². The summed E-state index contributed by atoms with van der Waals surface area (Å²) in [6.45, 7) is 0. The van der Waals surface area contributed by atoms with E-state index in [1.807, 2.05) is 0 Å². The Morgan fingerprint density at radius 2 is 2.17 bits per heavy atom. The van der Waals surface area contributed by atoms with Gasteiger partial charge in [0.15, 0.2) is 0 Å². The van der Waals surface area contributed by atoms with Crippen LogP contribution in [0.3, 0.4) is 0 Å². The number of nitrogen functional groups attached to an aromatic ring is 1. The van der Waals surface area contributed by atoms with Crippen LogP contribution >= 0.6 is 15.9 Å². The number of halogens is 1. The smallest absolute Gasteiger partial charge is 0.255 e. The van der Waals surface area contributed by atoms with Gasteiger partial charge in [0.05, 0.1) is 21.9 Å². The molecule has 1 heterocycles. The summed E-state index contributed by atoms with van der Waals surface area (Å²) in [5, 5.41) is 4.17. The van der Waals surface area contributed by atoms with E-state index in [-0.39, 0.29) is 5.91 Å². The van der Waals surface area contributed by atoms with E-state index < -0.39 is 0 Å². The third kappa shape index (κ3) is 2.38. The molecule has 94 valence electrons. The third-order valence-electron chi connectivity index (χ3n) is 2.46. The number of hydrogen-bond donors (Lipinski definition) is 1. The zero-order valence-electron chi connectivity index (χ0n) is 10.1. The normalized spacial score (nSPS) is 10.4. The lowest BCUT2D eigenvalue weighted by atomic mass is 10.1. The molecule has 2 aromatic rings. The molecule has 0 radical (unpaired) electrons. The first kappa shape index (κ1) is 12.6. The quantitative estimate of drug-likeness (QED) is 0.862. The summed E-state index contributed by atoms with van der Waals surface area (Å²) < 4.78 is 2.46. The summed E-state index contributed by atoms with van der Waals surface area (Å²) in [6, 6.07) is 5.15. The minimum Gasteiger partial charge on any atom is -0.399 e. The maximum atomic E-state index is 12.1. The Balaban J connectivity index is 2.57. The van der Waals surface area contributed by atoms with E-state index in [4.69, 9.17) is 5.73 Å². The number of carbonyl (C=O) groups is 1. The molecule has 1 aromatic heterocycles. The summed E-state index contributed by atoms with van der Waals surface area (Å²) in [4.78, 5) is 13.6. The molecule has 0 atom stereocenters. The van der Waals surface area contributed by atoms with Crippen molar-refractivity contribution in [3.05, 3.63) is 40.6 Å². The second kappa shape index (κ2) is 4.81. The average Bonchev–Trinajstić information content (AvgIpc) is 2.74. The fourth-order valence-electron chi connectivity index (χ4n) is 1.59. The molecular weight excluding hydrogens is 296 g/mol. The molecule has 5 nitrogen and oxygen atoms in total. The van der Waals surface area contributed by atoms with Gasteiger partial charge in [0.1, 0.15) is 0 Å². The Hall–Kier alpha value is -1.82. The van der Waals surface area contributed by atoms with Crippen LogP contribution in [0.4, 0.5) is 5.69 Å². The summed E-state index contributed by atoms with van der Waals surface area (Å²) in [5.74, 6) is -0.0865.